The maximum absolute atomic E-state index is 13.5. The van der Waals surface area contributed by atoms with Crippen LogP contribution in [0.5, 0.6) is 11.6 Å². The molecule has 2 heterocycles. The topological polar surface area (TPSA) is 179 Å². The average Bonchev–Trinajstić information content (AvgIpc) is 3.20. The molecular formula is C22H23N5O6S. The second-order valence-corrected chi connectivity index (χ2v) is 9.14. The molecule has 1 unspecified atom stereocenters. The van der Waals surface area contributed by atoms with Crippen LogP contribution in [0.25, 0.3) is 10.7 Å². The summed E-state index contributed by atoms with van der Waals surface area (Å²) in [6, 6.07) is 8.81. The summed E-state index contributed by atoms with van der Waals surface area (Å²) in [4.78, 5) is 46.2. The van der Waals surface area contributed by atoms with Gasteiger partial charge in [0.25, 0.3) is 17.7 Å². The lowest BCUT2D eigenvalue weighted by atomic mass is 9.97. The third-order valence-electron chi connectivity index (χ3n) is 4.78. The number of nitrogens with zero attached hydrogens (tertiary/aromatic N) is 3. The van der Waals surface area contributed by atoms with E-state index in [-0.39, 0.29) is 16.4 Å². The molecule has 1 aromatic carbocycles. The molecule has 0 aliphatic rings. The number of thiophene rings is 1. The van der Waals surface area contributed by atoms with Crippen LogP contribution < -0.4 is 11.1 Å². The van der Waals surface area contributed by atoms with Gasteiger partial charge in [0.15, 0.2) is 11.5 Å². The Kier molecular flexibility index (Phi) is 6.73. The first-order chi connectivity index (χ1) is 15.9. The lowest BCUT2D eigenvalue weighted by Crippen LogP contribution is -2.50. The second-order valence-electron chi connectivity index (χ2n) is 8.22. The Balaban J connectivity index is 2.05. The fraction of sp³-hybridized carbons (Fsp3) is 0.227. The van der Waals surface area contributed by atoms with Gasteiger partial charge in [0, 0.05) is 5.54 Å². The first-order valence-corrected chi connectivity index (χ1v) is 10.9. The van der Waals surface area contributed by atoms with Gasteiger partial charge in [0.2, 0.25) is 5.75 Å². The van der Waals surface area contributed by atoms with E-state index in [0.29, 0.717) is 5.56 Å². The zero-order valence-corrected chi connectivity index (χ0v) is 19.3. The number of aromatic hydroxyl groups is 2. The van der Waals surface area contributed by atoms with Crippen molar-refractivity contribution in [2.75, 3.05) is 5.32 Å². The number of carboxylic acid groups (broad SMARTS) is 1. The van der Waals surface area contributed by atoms with Crippen molar-refractivity contribution in [2.45, 2.75) is 32.4 Å². The molecule has 3 rings (SSSR count). The normalized spacial score (nSPS) is 12.1. The van der Waals surface area contributed by atoms with E-state index >= 15 is 0 Å². The Morgan fingerprint density at radius 2 is 1.74 bits per heavy atom. The summed E-state index contributed by atoms with van der Waals surface area (Å²) < 4.78 is 0. The van der Waals surface area contributed by atoms with Gasteiger partial charge in [0.05, 0.1) is 10.6 Å². The van der Waals surface area contributed by atoms with Gasteiger partial charge in [-0.3, -0.25) is 14.5 Å². The van der Waals surface area contributed by atoms with Crippen molar-refractivity contribution in [1.82, 2.24) is 14.9 Å². The third-order valence-corrected chi connectivity index (χ3v) is 5.69. The Morgan fingerprint density at radius 1 is 1.09 bits per heavy atom. The molecule has 12 heteroatoms. The summed E-state index contributed by atoms with van der Waals surface area (Å²) in [5.74, 6) is -3.58. The van der Waals surface area contributed by atoms with Gasteiger partial charge in [-0.15, -0.1) is 11.3 Å². The quantitative estimate of drug-likeness (QED) is 0.353. The Hall–Kier alpha value is -4.19. The number of amides is 3. The average molecular weight is 486 g/mol. The number of carbonyl (C=O) groups excluding carboxylic acids is 2. The van der Waals surface area contributed by atoms with Crippen LogP contribution in [0.15, 0.2) is 41.8 Å². The zero-order chi connectivity index (χ0) is 25.2. The molecule has 0 spiro atoms. The molecule has 3 amide bonds. The number of anilines is 1. The van der Waals surface area contributed by atoms with E-state index in [4.69, 9.17) is 5.73 Å². The highest BCUT2D eigenvalue weighted by Crippen LogP contribution is 2.37. The predicted molar refractivity (Wildman–Crippen MR) is 125 cm³/mol. The molecule has 1 atom stereocenters. The molecule has 178 valence electrons. The van der Waals surface area contributed by atoms with E-state index in [9.17, 15) is 29.7 Å². The predicted octanol–water partition coefficient (Wildman–Crippen LogP) is 3.17. The largest absolute Gasteiger partial charge is 0.501 e. The molecule has 0 saturated carbocycles. The Bertz CT molecular complexity index is 1240. The highest BCUT2D eigenvalue weighted by atomic mass is 32.1. The van der Waals surface area contributed by atoms with Gasteiger partial charge >= 0.3 is 6.09 Å². The van der Waals surface area contributed by atoms with Gasteiger partial charge in [-0.2, -0.15) is 4.98 Å². The van der Waals surface area contributed by atoms with E-state index in [1.807, 2.05) is 0 Å². The second kappa shape index (κ2) is 9.35. The van der Waals surface area contributed by atoms with Crippen molar-refractivity contribution in [2.24, 2.45) is 5.73 Å². The van der Waals surface area contributed by atoms with Crippen molar-refractivity contribution in [3.05, 3.63) is 53.0 Å². The molecule has 0 aliphatic heterocycles. The maximum Gasteiger partial charge on any atom is 0.408 e. The van der Waals surface area contributed by atoms with Crippen molar-refractivity contribution >= 4 is 34.9 Å². The summed E-state index contributed by atoms with van der Waals surface area (Å²) in [6.07, 6.45) is -1.28. The summed E-state index contributed by atoms with van der Waals surface area (Å²) in [5, 5.41) is 33.9. The van der Waals surface area contributed by atoms with E-state index < -0.39 is 46.8 Å². The van der Waals surface area contributed by atoms with E-state index in [0.717, 1.165) is 16.2 Å². The number of primary amides is 1. The summed E-state index contributed by atoms with van der Waals surface area (Å²) >= 11 is 1.09. The highest BCUT2D eigenvalue weighted by Gasteiger charge is 2.39. The highest BCUT2D eigenvalue weighted by molar-refractivity contribution is 7.14. The molecule has 34 heavy (non-hydrogen) atoms. The molecule has 3 aromatic rings. The minimum atomic E-state index is -1.28. The number of rotatable bonds is 6. The third kappa shape index (κ3) is 4.91. The molecule has 6 N–H and O–H groups in total. The minimum absolute atomic E-state index is 0.156. The van der Waals surface area contributed by atoms with Crippen LogP contribution in [0.4, 0.5) is 10.5 Å². The maximum atomic E-state index is 13.5. The van der Waals surface area contributed by atoms with Crippen LogP contribution in [-0.4, -0.2) is 53.6 Å². The van der Waals surface area contributed by atoms with Crippen LogP contribution in [0.2, 0.25) is 0 Å². The van der Waals surface area contributed by atoms with E-state index in [2.05, 4.69) is 15.3 Å². The molecule has 0 saturated heterocycles. The lowest BCUT2D eigenvalue weighted by molar-refractivity contribution is -0.122. The van der Waals surface area contributed by atoms with Crippen molar-refractivity contribution < 1.29 is 29.7 Å². The Labute approximate surface area is 198 Å². The molecule has 0 radical (unpaired) electrons. The SMILES string of the molecule is CC(C)(C)N(C(=O)O)C(C(=O)Nc1ccsc1-c1nc(O)c(O)c(C(N)=O)n1)c1ccccc1. The number of hydrogen-bond donors (Lipinski definition) is 5. The molecule has 0 aliphatic carbocycles. The van der Waals surface area contributed by atoms with Gasteiger partial charge < -0.3 is 26.4 Å². The van der Waals surface area contributed by atoms with Crippen LogP contribution in [0.1, 0.15) is 42.9 Å². The van der Waals surface area contributed by atoms with Gasteiger partial charge in [-0.1, -0.05) is 30.3 Å². The van der Waals surface area contributed by atoms with Crippen molar-refractivity contribution in [3.8, 4) is 22.3 Å². The van der Waals surface area contributed by atoms with Gasteiger partial charge in [-0.05, 0) is 37.8 Å². The summed E-state index contributed by atoms with van der Waals surface area (Å²) in [5.41, 5.74) is 4.39. The van der Waals surface area contributed by atoms with E-state index in [1.165, 1.54) is 0 Å². The number of aromatic nitrogens is 2. The fourth-order valence-corrected chi connectivity index (χ4v) is 4.12. The van der Waals surface area contributed by atoms with Crippen molar-refractivity contribution in [3.63, 3.8) is 0 Å². The van der Waals surface area contributed by atoms with Crippen molar-refractivity contribution in [1.29, 1.82) is 0 Å². The molecular weight excluding hydrogens is 462 g/mol. The first kappa shape index (κ1) is 24.5. The smallest absolute Gasteiger partial charge is 0.408 e. The number of nitrogens with one attached hydrogen (secondary N) is 1. The van der Waals surface area contributed by atoms with Gasteiger partial charge in [-0.25, -0.2) is 9.78 Å². The van der Waals surface area contributed by atoms with Gasteiger partial charge in [0.1, 0.15) is 6.04 Å². The first-order valence-electron chi connectivity index (χ1n) is 9.97. The molecule has 11 nitrogen and oxygen atoms in total. The zero-order valence-electron chi connectivity index (χ0n) is 18.5. The molecule has 0 fully saturated rings. The molecule has 0 bridgehead atoms. The number of hydrogen-bond acceptors (Lipinski definition) is 8. The lowest BCUT2D eigenvalue weighted by Gasteiger charge is -2.39. The number of benzene rings is 1. The standard InChI is InChI=1S/C22H23N5O6S/c1-22(2,3)27(21(32)33)14(11-7-5-4-6-8-11)19(30)24-12-9-10-34-16(12)18-25-13(17(23)29)15(28)20(31)26-18/h4-10,14,28H,1-3H3,(H2,23,29)(H,24,30)(H,32,33)(H,25,26,31). The fourth-order valence-electron chi connectivity index (χ4n) is 3.34. The number of nitrogens with two attached hydrogens (primary N) is 1. The van der Waals surface area contributed by atoms with Crippen LogP contribution in [0, 0.1) is 0 Å². The van der Waals surface area contributed by atoms with Crippen LogP contribution in [-0.2, 0) is 4.79 Å². The Morgan fingerprint density at radius 3 is 2.29 bits per heavy atom. The summed E-state index contributed by atoms with van der Waals surface area (Å²) in [6.45, 7) is 5.04. The van der Waals surface area contributed by atoms with Crippen LogP contribution >= 0.6 is 11.3 Å². The van der Waals surface area contributed by atoms with Crippen LogP contribution in [0.3, 0.4) is 0 Å². The summed E-state index contributed by atoms with van der Waals surface area (Å²) in [7, 11) is 0. The minimum Gasteiger partial charge on any atom is -0.501 e. The van der Waals surface area contributed by atoms with E-state index in [1.54, 1.807) is 62.5 Å². The monoisotopic (exact) mass is 485 g/mol. The molecule has 2 aromatic heterocycles. The number of carbonyl (C=O) groups is 3.